The van der Waals surface area contributed by atoms with Gasteiger partial charge in [-0.1, -0.05) is 35.9 Å². The number of benzene rings is 3. The molecule has 0 fully saturated rings. The first-order valence-electron chi connectivity index (χ1n) is 10.2. The molecule has 3 aromatic carbocycles. The van der Waals surface area contributed by atoms with Crippen molar-refractivity contribution in [2.75, 3.05) is 22.6 Å². The van der Waals surface area contributed by atoms with Crippen molar-refractivity contribution in [2.45, 2.75) is 6.92 Å². The van der Waals surface area contributed by atoms with Gasteiger partial charge in [-0.05, 0) is 55.0 Å². The first-order valence-corrected chi connectivity index (χ1v) is 10.5. The van der Waals surface area contributed by atoms with Crippen LogP contribution in [0.3, 0.4) is 0 Å². The van der Waals surface area contributed by atoms with Crippen LogP contribution < -0.4 is 20.3 Å². The summed E-state index contributed by atoms with van der Waals surface area (Å²) in [5.74, 6) is -2.14. The number of carbonyl (C=O) groups is 3. The lowest BCUT2D eigenvalue weighted by molar-refractivity contribution is -0.120. The van der Waals surface area contributed by atoms with Crippen LogP contribution in [0.4, 0.5) is 21.5 Å². The van der Waals surface area contributed by atoms with Gasteiger partial charge in [0.15, 0.2) is 0 Å². The molecule has 1 heterocycles. The van der Waals surface area contributed by atoms with E-state index in [0.717, 1.165) is 10.5 Å². The summed E-state index contributed by atoms with van der Waals surface area (Å²) >= 11 is 6.22. The minimum Gasteiger partial charge on any atom is -0.495 e. The van der Waals surface area contributed by atoms with Gasteiger partial charge in [0, 0.05) is 11.3 Å². The average Bonchev–Trinajstić information content (AvgIpc) is 3.03. The molecule has 0 saturated carbocycles. The molecular weight excluding hydrogens is 461 g/mol. The summed E-state index contributed by atoms with van der Waals surface area (Å²) < 4.78 is 19.2. The Morgan fingerprint density at radius 2 is 1.76 bits per heavy atom. The first kappa shape index (κ1) is 23.0. The molecule has 9 heteroatoms. The van der Waals surface area contributed by atoms with E-state index in [9.17, 15) is 18.8 Å². The predicted octanol–water partition coefficient (Wildman–Crippen LogP) is 4.83. The quantitative estimate of drug-likeness (QED) is 0.494. The molecule has 34 heavy (non-hydrogen) atoms. The van der Waals surface area contributed by atoms with Gasteiger partial charge in [-0.15, -0.1) is 0 Å². The molecule has 2 N–H and O–H groups in total. The number of nitrogens with one attached hydrogen (secondary N) is 2. The van der Waals surface area contributed by atoms with Crippen molar-refractivity contribution in [3.63, 3.8) is 0 Å². The number of anilines is 3. The Morgan fingerprint density at radius 1 is 1.00 bits per heavy atom. The second-order valence-corrected chi connectivity index (χ2v) is 7.83. The summed E-state index contributed by atoms with van der Waals surface area (Å²) in [6, 6.07) is 17.1. The second-order valence-electron chi connectivity index (χ2n) is 7.45. The highest BCUT2D eigenvalue weighted by molar-refractivity contribution is 6.53. The molecule has 0 unspecified atom stereocenters. The van der Waals surface area contributed by atoms with Crippen LogP contribution in [0.5, 0.6) is 5.75 Å². The van der Waals surface area contributed by atoms with Crippen LogP contribution in [0.2, 0.25) is 0 Å². The van der Waals surface area contributed by atoms with Gasteiger partial charge in [0.05, 0.1) is 18.5 Å². The Kier molecular flexibility index (Phi) is 6.34. The van der Waals surface area contributed by atoms with Crippen LogP contribution in [0, 0.1) is 12.7 Å². The number of imide groups is 1. The van der Waals surface area contributed by atoms with Crippen molar-refractivity contribution >= 4 is 46.4 Å². The maximum Gasteiger partial charge on any atom is 0.283 e. The molecule has 0 aromatic heterocycles. The zero-order chi connectivity index (χ0) is 24.4. The smallest absolute Gasteiger partial charge is 0.283 e. The maximum absolute atomic E-state index is 13.9. The van der Waals surface area contributed by atoms with Gasteiger partial charge in [-0.25, -0.2) is 9.29 Å². The van der Waals surface area contributed by atoms with Gasteiger partial charge in [-0.3, -0.25) is 14.4 Å². The third-order valence-corrected chi connectivity index (χ3v) is 5.47. The Bertz CT molecular complexity index is 1360. The number of ether oxygens (including phenoxy) is 1. The van der Waals surface area contributed by atoms with Crippen LogP contribution in [0.15, 0.2) is 77.5 Å². The maximum atomic E-state index is 13.9. The normalized spacial score (nSPS) is 13.4. The van der Waals surface area contributed by atoms with E-state index in [1.54, 1.807) is 36.4 Å². The topological polar surface area (TPSA) is 87.7 Å². The highest BCUT2D eigenvalue weighted by Crippen LogP contribution is 2.36. The van der Waals surface area contributed by atoms with Gasteiger partial charge in [0.25, 0.3) is 17.7 Å². The molecule has 0 saturated heterocycles. The van der Waals surface area contributed by atoms with Crippen LogP contribution >= 0.6 is 11.6 Å². The average molecular weight is 480 g/mol. The van der Waals surface area contributed by atoms with Crippen molar-refractivity contribution in [2.24, 2.45) is 0 Å². The number of aryl methyl sites for hydroxylation is 1. The zero-order valence-electron chi connectivity index (χ0n) is 18.2. The lowest BCUT2D eigenvalue weighted by atomic mass is 10.1. The second kappa shape index (κ2) is 9.36. The summed E-state index contributed by atoms with van der Waals surface area (Å²) in [5, 5.41) is 5.03. The van der Waals surface area contributed by atoms with Crippen molar-refractivity contribution in [3.8, 4) is 5.75 Å². The van der Waals surface area contributed by atoms with Crippen molar-refractivity contribution in [1.29, 1.82) is 0 Å². The highest BCUT2D eigenvalue weighted by atomic mass is 35.5. The molecule has 0 bridgehead atoms. The summed E-state index contributed by atoms with van der Waals surface area (Å²) in [6.45, 7) is 1.82. The Balaban J connectivity index is 1.58. The minimum absolute atomic E-state index is 0.0379. The SMILES string of the molecule is COc1ccc(C)cc1N1C(=O)C(Cl)=C(Nc2cccc(C(=O)Nc3ccccc3F)c2)C1=O. The fourth-order valence-corrected chi connectivity index (χ4v) is 3.66. The number of hydrogen-bond acceptors (Lipinski definition) is 5. The largest absolute Gasteiger partial charge is 0.495 e. The van der Waals surface area contributed by atoms with Gasteiger partial charge < -0.3 is 15.4 Å². The van der Waals surface area contributed by atoms with E-state index in [-0.39, 0.29) is 27.7 Å². The monoisotopic (exact) mass is 479 g/mol. The van der Waals surface area contributed by atoms with Gasteiger partial charge in [0.1, 0.15) is 22.3 Å². The molecule has 3 amide bonds. The van der Waals surface area contributed by atoms with Crippen LogP contribution in [0.1, 0.15) is 15.9 Å². The summed E-state index contributed by atoms with van der Waals surface area (Å²) in [4.78, 5) is 39.5. The van der Waals surface area contributed by atoms with Gasteiger partial charge in [0.2, 0.25) is 0 Å². The predicted molar refractivity (Wildman–Crippen MR) is 128 cm³/mol. The minimum atomic E-state index is -0.702. The fourth-order valence-electron chi connectivity index (χ4n) is 3.44. The van der Waals surface area contributed by atoms with E-state index < -0.39 is 23.5 Å². The molecule has 7 nitrogen and oxygen atoms in total. The number of rotatable bonds is 6. The standard InChI is InChI=1S/C25H19ClFN3O4/c1-14-10-11-20(34-2)19(12-14)30-24(32)21(26)22(25(30)33)28-16-7-5-6-15(13-16)23(31)29-18-9-4-3-8-17(18)27/h3-13,28H,1-2H3,(H,29,31). The van der Waals surface area contributed by atoms with Crippen LogP contribution in [-0.2, 0) is 9.59 Å². The van der Waals surface area contributed by atoms with E-state index >= 15 is 0 Å². The molecular formula is C25H19ClFN3O4. The van der Waals surface area contributed by atoms with Gasteiger partial charge >= 0.3 is 0 Å². The number of amides is 3. The van der Waals surface area contributed by atoms with Crippen molar-refractivity contribution < 1.29 is 23.5 Å². The number of hydrogen-bond donors (Lipinski definition) is 2. The third-order valence-electron chi connectivity index (χ3n) is 5.12. The van der Waals surface area contributed by atoms with E-state index in [4.69, 9.17) is 16.3 Å². The number of halogens is 2. The molecule has 1 aliphatic rings. The Labute approximate surface area is 199 Å². The lowest BCUT2D eigenvalue weighted by Crippen LogP contribution is -2.32. The van der Waals surface area contributed by atoms with Crippen LogP contribution in [0.25, 0.3) is 0 Å². The van der Waals surface area contributed by atoms with E-state index in [1.807, 2.05) is 6.92 Å². The number of nitrogens with zero attached hydrogens (tertiary/aromatic N) is 1. The fraction of sp³-hybridized carbons (Fsp3) is 0.0800. The Morgan fingerprint density at radius 3 is 2.50 bits per heavy atom. The van der Waals surface area contributed by atoms with Gasteiger partial charge in [-0.2, -0.15) is 0 Å². The third kappa shape index (κ3) is 4.35. The first-order chi connectivity index (χ1) is 16.3. The molecule has 1 aliphatic heterocycles. The number of methoxy groups -OCH3 is 1. The number of carbonyl (C=O) groups excluding carboxylic acids is 3. The molecule has 3 aromatic rings. The van der Waals surface area contributed by atoms with Crippen LogP contribution in [-0.4, -0.2) is 24.8 Å². The molecule has 0 aliphatic carbocycles. The molecule has 0 atom stereocenters. The molecule has 0 radical (unpaired) electrons. The molecule has 4 rings (SSSR count). The lowest BCUT2D eigenvalue weighted by Gasteiger charge is -2.18. The van der Waals surface area contributed by atoms with E-state index in [2.05, 4.69) is 10.6 Å². The van der Waals surface area contributed by atoms with Crippen molar-refractivity contribution in [3.05, 3.63) is 94.4 Å². The zero-order valence-corrected chi connectivity index (χ0v) is 18.9. The highest BCUT2D eigenvalue weighted by Gasteiger charge is 2.40. The number of para-hydroxylation sites is 1. The summed E-state index contributed by atoms with van der Waals surface area (Å²) in [5.41, 5.74) is 1.54. The molecule has 172 valence electrons. The van der Waals surface area contributed by atoms with Crippen molar-refractivity contribution in [1.82, 2.24) is 0 Å². The summed E-state index contributed by atoms with van der Waals surface area (Å²) in [7, 11) is 1.44. The van der Waals surface area contributed by atoms with E-state index in [0.29, 0.717) is 11.4 Å². The Hall–Kier alpha value is -4.17. The van der Waals surface area contributed by atoms with E-state index in [1.165, 1.54) is 37.4 Å². The summed E-state index contributed by atoms with van der Waals surface area (Å²) in [6.07, 6.45) is 0. The molecule has 0 spiro atoms.